The lowest BCUT2D eigenvalue weighted by Gasteiger charge is -2.07. The SMILES string of the molecule is CCOc1cnc2c(-c3nc4cc(F)c5c(c4s3)C[C@H](C)O5)cc(C)cc2n1. The van der Waals surface area contributed by atoms with Gasteiger partial charge in [-0.15, -0.1) is 11.3 Å². The van der Waals surface area contributed by atoms with Gasteiger partial charge in [0.15, 0.2) is 11.6 Å². The number of aryl methyl sites for hydroxylation is 1. The Kier molecular flexibility index (Phi) is 3.94. The molecule has 142 valence electrons. The second kappa shape index (κ2) is 6.38. The van der Waals surface area contributed by atoms with Gasteiger partial charge in [-0.05, 0) is 38.5 Å². The van der Waals surface area contributed by atoms with E-state index in [0.717, 1.165) is 37.4 Å². The molecule has 7 heteroatoms. The first-order chi connectivity index (χ1) is 13.5. The zero-order valence-corrected chi connectivity index (χ0v) is 16.6. The fourth-order valence-corrected chi connectivity index (χ4v) is 4.78. The summed E-state index contributed by atoms with van der Waals surface area (Å²) >= 11 is 1.55. The zero-order valence-electron chi connectivity index (χ0n) is 15.7. The fourth-order valence-electron chi connectivity index (χ4n) is 3.67. The largest absolute Gasteiger partial charge is 0.487 e. The van der Waals surface area contributed by atoms with Gasteiger partial charge >= 0.3 is 0 Å². The molecule has 0 saturated heterocycles. The molecule has 1 atom stereocenters. The summed E-state index contributed by atoms with van der Waals surface area (Å²) in [5.41, 5.74) is 5.03. The van der Waals surface area contributed by atoms with Crippen LogP contribution in [-0.4, -0.2) is 27.7 Å². The van der Waals surface area contributed by atoms with E-state index in [0.29, 0.717) is 30.2 Å². The summed E-state index contributed by atoms with van der Waals surface area (Å²) in [5.74, 6) is 0.520. The van der Waals surface area contributed by atoms with Gasteiger partial charge in [0.1, 0.15) is 11.1 Å². The lowest BCUT2D eigenvalue weighted by Crippen LogP contribution is -2.05. The van der Waals surface area contributed by atoms with Gasteiger partial charge in [0, 0.05) is 23.6 Å². The van der Waals surface area contributed by atoms with Gasteiger partial charge in [0.05, 0.1) is 34.1 Å². The van der Waals surface area contributed by atoms with Crippen molar-refractivity contribution in [2.24, 2.45) is 0 Å². The van der Waals surface area contributed by atoms with E-state index in [9.17, 15) is 4.39 Å². The van der Waals surface area contributed by atoms with Gasteiger partial charge in [-0.25, -0.2) is 19.3 Å². The molecule has 0 amide bonds. The van der Waals surface area contributed by atoms with E-state index < -0.39 is 0 Å². The van der Waals surface area contributed by atoms with Crippen molar-refractivity contribution in [2.75, 3.05) is 6.61 Å². The van der Waals surface area contributed by atoms with Crippen LogP contribution >= 0.6 is 11.3 Å². The zero-order chi connectivity index (χ0) is 19.4. The minimum atomic E-state index is -0.348. The maximum atomic E-state index is 14.4. The summed E-state index contributed by atoms with van der Waals surface area (Å²) < 4.78 is 26.6. The molecule has 0 radical (unpaired) electrons. The summed E-state index contributed by atoms with van der Waals surface area (Å²) in [7, 11) is 0. The van der Waals surface area contributed by atoms with E-state index in [2.05, 4.69) is 9.97 Å². The Labute approximate surface area is 165 Å². The van der Waals surface area contributed by atoms with Crippen LogP contribution in [-0.2, 0) is 6.42 Å². The molecule has 0 bridgehead atoms. The van der Waals surface area contributed by atoms with E-state index in [-0.39, 0.29) is 11.9 Å². The summed E-state index contributed by atoms with van der Waals surface area (Å²) in [6.45, 7) is 6.41. The predicted molar refractivity (Wildman–Crippen MR) is 108 cm³/mol. The third kappa shape index (κ3) is 2.69. The molecule has 3 heterocycles. The molecule has 0 spiro atoms. The van der Waals surface area contributed by atoms with Gasteiger partial charge in [-0.1, -0.05) is 0 Å². The monoisotopic (exact) mass is 395 g/mol. The van der Waals surface area contributed by atoms with Crippen LogP contribution in [0.3, 0.4) is 0 Å². The molecule has 28 heavy (non-hydrogen) atoms. The number of hydrogen-bond acceptors (Lipinski definition) is 6. The van der Waals surface area contributed by atoms with Crippen LogP contribution < -0.4 is 9.47 Å². The fraction of sp³-hybridized carbons (Fsp3) is 0.286. The Morgan fingerprint density at radius 1 is 1.25 bits per heavy atom. The highest BCUT2D eigenvalue weighted by Crippen LogP contribution is 2.43. The van der Waals surface area contributed by atoms with Crippen molar-refractivity contribution in [3.63, 3.8) is 0 Å². The molecule has 0 unspecified atom stereocenters. The van der Waals surface area contributed by atoms with Crippen molar-refractivity contribution >= 4 is 32.6 Å². The highest BCUT2D eigenvalue weighted by atomic mass is 32.1. The smallest absolute Gasteiger partial charge is 0.232 e. The molecule has 5 rings (SSSR count). The number of ether oxygens (including phenoxy) is 2. The average molecular weight is 395 g/mol. The third-order valence-corrected chi connectivity index (χ3v) is 5.95. The highest BCUT2D eigenvalue weighted by Gasteiger charge is 2.27. The molecule has 5 nitrogen and oxygen atoms in total. The van der Waals surface area contributed by atoms with Crippen LogP contribution in [0.1, 0.15) is 25.0 Å². The van der Waals surface area contributed by atoms with E-state index in [1.807, 2.05) is 32.9 Å². The van der Waals surface area contributed by atoms with Gasteiger partial charge in [0.25, 0.3) is 0 Å². The van der Waals surface area contributed by atoms with Crippen LogP contribution in [0.15, 0.2) is 24.4 Å². The average Bonchev–Trinajstić information content (AvgIpc) is 3.24. The lowest BCUT2D eigenvalue weighted by atomic mass is 10.1. The molecular formula is C21H18FN3O2S. The Hall–Kier alpha value is -2.80. The molecule has 2 aromatic heterocycles. The van der Waals surface area contributed by atoms with Crippen molar-refractivity contribution in [2.45, 2.75) is 33.3 Å². The number of aromatic nitrogens is 3. The predicted octanol–water partition coefficient (Wildman–Crippen LogP) is 5.08. The first-order valence-corrected chi connectivity index (χ1v) is 10.0. The molecule has 0 N–H and O–H groups in total. The van der Waals surface area contributed by atoms with E-state index in [1.54, 1.807) is 17.5 Å². The number of hydrogen-bond donors (Lipinski definition) is 0. The van der Waals surface area contributed by atoms with Crippen LogP contribution in [0.25, 0.3) is 31.8 Å². The number of rotatable bonds is 3. The second-order valence-electron chi connectivity index (χ2n) is 6.99. The van der Waals surface area contributed by atoms with Crippen molar-refractivity contribution in [1.82, 2.24) is 15.0 Å². The van der Waals surface area contributed by atoms with E-state index in [4.69, 9.17) is 14.5 Å². The van der Waals surface area contributed by atoms with Crippen LogP contribution in [0.4, 0.5) is 4.39 Å². The Morgan fingerprint density at radius 3 is 2.93 bits per heavy atom. The molecule has 1 aliphatic rings. The van der Waals surface area contributed by atoms with Gasteiger partial charge < -0.3 is 9.47 Å². The van der Waals surface area contributed by atoms with Crippen molar-refractivity contribution in [3.05, 3.63) is 41.3 Å². The molecule has 0 saturated carbocycles. The number of nitrogens with zero attached hydrogens (tertiary/aromatic N) is 3. The number of benzene rings is 2. The van der Waals surface area contributed by atoms with Gasteiger partial charge in [-0.2, -0.15) is 0 Å². The van der Waals surface area contributed by atoms with Crippen LogP contribution in [0.2, 0.25) is 0 Å². The third-order valence-electron chi connectivity index (χ3n) is 4.78. The summed E-state index contributed by atoms with van der Waals surface area (Å²) in [6.07, 6.45) is 2.30. The maximum absolute atomic E-state index is 14.4. The number of halogens is 1. The highest BCUT2D eigenvalue weighted by molar-refractivity contribution is 7.22. The Balaban J connectivity index is 1.72. The normalized spacial score (nSPS) is 15.8. The van der Waals surface area contributed by atoms with Crippen molar-refractivity contribution in [1.29, 1.82) is 0 Å². The minimum absolute atomic E-state index is 0.0247. The van der Waals surface area contributed by atoms with E-state index in [1.165, 1.54) is 6.07 Å². The lowest BCUT2D eigenvalue weighted by molar-refractivity contribution is 0.245. The number of thiazole rings is 1. The quantitative estimate of drug-likeness (QED) is 0.484. The summed E-state index contributed by atoms with van der Waals surface area (Å²) in [6, 6.07) is 5.49. The van der Waals surface area contributed by atoms with Crippen LogP contribution in [0.5, 0.6) is 11.6 Å². The van der Waals surface area contributed by atoms with E-state index >= 15 is 0 Å². The molecule has 2 aromatic carbocycles. The topological polar surface area (TPSA) is 57.1 Å². The number of fused-ring (bicyclic) bond motifs is 4. The van der Waals surface area contributed by atoms with Crippen molar-refractivity contribution < 1.29 is 13.9 Å². The van der Waals surface area contributed by atoms with Gasteiger partial charge in [0.2, 0.25) is 5.88 Å². The van der Waals surface area contributed by atoms with Crippen LogP contribution in [0, 0.1) is 12.7 Å². The van der Waals surface area contributed by atoms with Gasteiger partial charge in [-0.3, -0.25) is 0 Å². The first kappa shape index (κ1) is 17.3. The Morgan fingerprint density at radius 2 is 2.11 bits per heavy atom. The maximum Gasteiger partial charge on any atom is 0.232 e. The molecule has 1 aliphatic heterocycles. The first-order valence-electron chi connectivity index (χ1n) is 9.22. The summed E-state index contributed by atoms with van der Waals surface area (Å²) in [5, 5.41) is 0.800. The summed E-state index contributed by atoms with van der Waals surface area (Å²) in [4.78, 5) is 13.9. The molecular weight excluding hydrogens is 377 g/mol. The molecule has 0 fully saturated rings. The second-order valence-corrected chi connectivity index (χ2v) is 7.99. The Bertz CT molecular complexity index is 1240. The standard InChI is InChI=1S/C21H18FN3O2S/c1-4-26-17-9-23-18-12(5-10(2)6-15(18)24-17)21-25-16-8-14(22)19-13(20(16)28-21)7-11(3)27-19/h5-6,8-9,11H,4,7H2,1-3H3/t11-/m0/s1. The van der Waals surface area contributed by atoms with Crippen molar-refractivity contribution in [3.8, 4) is 22.2 Å². The minimum Gasteiger partial charge on any atom is -0.487 e. The molecule has 4 aromatic rings. The molecule has 0 aliphatic carbocycles.